The van der Waals surface area contributed by atoms with Crippen LogP contribution in [0, 0.1) is 0 Å². The van der Waals surface area contributed by atoms with E-state index < -0.39 is 0 Å². The van der Waals surface area contributed by atoms with E-state index in [9.17, 15) is 9.59 Å². The van der Waals surface area contributed by atoms with Gasteiger partial charge < -0.3 is 20.7 Å². The van der Waals surface area contributed by atoms with Crippen LogP contribution in [0.15, 0.2) is 29.9 Å². The summed E-state index contributed by atoms with van der Waals surface area (Å²) in [5.41, 5.74) is 1.86. The molecule has 1 amide bonds. The summed E-state index contributed by atoms with van der Waals surface area (Å²) in [6, 6.07) is 3.77. The third-order valence-corrected chi connectivity index (χ3v) is 7.01. The van der Waals surface area contributed by atoms with Crippen molar-refractivity contribution in [2.75, 3.05) is 63.1 Å². The molecule has 2 aliphatic rings. The number of ether oxygens (including phenoxy) is 1. The quantitative estimate of drug-likeness (QED) is 0.485. The normalized spacial score (nSPS) is 18.0. The average molecular weight is 511 g/mol. The first-order valence-corrected chi connectivity index (χ1v) is 13.1. The van der Waals surface area contributed by atoms with Gasteiger partial charge in [0.2, 0.25) is 0 Å². The van der Waals surface area contributed by atoms with Crippen molar-refractivity contribution in [2.24, 2.45) is 0 Å². The minimum absolute atomic E-state index is 0.118. The first-order valence-electron chi connectivity index (χ1n) is 12.2. The van der Waals surface area contributed by atoms with Gasteiger partial charge in [0, 0.05) is 75.6 Å². The second-order valence-corrected chi connectivity index (χ2v) is 9.59. The summed E-state index contributed by atoms with van der Waals surface area (Å²) in [4.78, 5) is 37.3. The van der Waals surface area contributed by atoms with E-state index in [4.69, 9.17) is 4.74 Å². The Kier molecular flexibility index (Phi) is 7.96. The third-order valence-electron chi connectivity index (χ3n) is 6.12. The Morgan fingerprint density at radius 1 is 1.11 bits per heavy atom. The van der Waals surface area contributed by atoms with Gasteiger partial charge in [-0.05, 0) is 18.6 Å². The molecule has 3 aromatic heterocycles. The van der Waals surface area contributed by atoms with Crippen molar-refractivity contribution < 1.29 is 14.3 Å². The van der Waals surface area contributed by atoms with Crippen LogP contribution < -0.4 is 16.0 Å². The van der Waals surface area contributed by atoms with E-state index >= 15 is 0 Å². The van der Waals surface area contributed by atoms with Gasteiger partial charge in [0.05, 0.1) is 18.8 Å². The van der Waals surface area contributed by atoms with Crippen molar-refractivity contribution in [1.29, 1.82) is 0 Å². The first-order chi connectivity index (χ1) is 17.7. The Morgan fingerprint density at radius 2 is 2.00 bits per heavy atom. The predicted octanol–water partition coefficient (Wildman–Crippen LogP) is 1.96. The highest BCUT2D eigenvalue weighted by Crippen LogP contribution is 2.26. The Morgan fingerprint density at radius 3 is 2.89 bits per heavy atom. The monoisotopic (exact) mass is 510 g/mol. The first kappa shape index (κ1) is 24.5. The molecule has 0 aliphatic carbocycles. The van der Waals surface area contributed by atoms with Crippen molar-refractivity contribution in [3.8, 4) is 10.6 Å². The second kappa shape index (κ2) is 11.7. The topological polar surface area (TPSA) is 126 Å². The number of rotatable bonds is 3. The number of piperazine rings is 1. The molecule has 0 spiro atoms. The van der Waals surface area contributed by atoms with Crippen molar-refractivity contribution >= 4 is 34.5 Å². The average Bonchev–Trinajstić information content (AvgIpc) is 3.55. The number of nitrogens with one attached hydrogen (secondary N) is 3. The molecule has 0 radical (unpaired) electrons. The fourth-order valence-corrected chi connectivity index (χ4v) is 4.97. The van der Waals surface area contributed by atoms with Crippen LogP contribution in [0.3, 0.4) is 0 Å². The molecule has 1 fully saturated rings. The van der Waals surface area contributed by atoms with Gasteiger partial charge in [-0.15, -0.1) is 11.3 Å². The molecule has 5 rings (SSSR count). The zero-order valence-corrected chi connectivity index (χ0v) is 20.9. The van der Waals surface area contributed by atoms with E-state index in [0.29, 0.717) is 54.9 Å². The lowest BCUT2D eigenvalue weighted by Crippen LogP contribution is -2.44. The summed E-state index contributed by atoms with van der Waals surface area (Å²) in [5, 5.41) is 16.4. The maximum atomic E-state index is 13.1. The van der Waals surface area contributed by atoms with Gasteiger partial charge in [0.1, 0.15) is 16.5 Å². The third kappa shape index (κ3) is 6.13. The van der Waals surface area contributed by atoms with Gasteiger partial charge >= 0.3 is 0 Å². The van der Waals surface area contributed by atoms with Crippen molar-refractivity contribution in [2.45, 2.75) is 19.4 Å². The van der Waals surface area contributed by atoms with E-state index in [1.807, 2.05) is 12.1 Å². The molecule has 2 aliphatic heterocycles. The molecule has 36 heavy (non-hydrogen) atoms. The van der Waals surface area contributed by atoms with Gasteiger partial charge in [-0.3, -0.25) is 19.2 Å². The molecule has 0 aromatic carbocycles. The van der Waals surface area contributed by atoms with E-state index in [1.54, 1.807) is 22.5 Å². The number of pyridine rings is 1. The van der Waals surface area contributed by atoms with E-state index in [1.165, 1.54) is 11.3 Å². The van der Waals surface area contributed by atoms with Crippen molar-refractivity contribution in [1.82, 2.24) is 30.0 Å². The van der Waals surface area contributed by atoms with Gasteiger partial charge in [-0.1, -0.05) is 0 Å². The van der Waals surface area contributed by atoms with E-state index in [2.05, 4.69) is 35.9 Å². The molecule has 190 valence electrons. The smallest absolute Gasteiger partial charge is 0.275 e. The van der Waals surface area contributed by atoms with Gasteiger partial charge in [0.15, 0.2) is 11.5 Å². The SMILES string of the molecule is O=C1Nc2cn(CCN3CCNCC3)nc2C(=O)CCCOCCNc2cc(ccn2)-c2nc1cs2. The second-order valence-electron chi connectivity index (χ2n) is 8.73. The number of aromatic nitrogens is 4. The number of thiazole rings is 1. The van der Waals surface area contributed by atoms with Crippen LogP contribution in [0.4, 0.5) is 11.5 Å². The molecular formula is C24H30N8O3S. The van der Waals surface area contributed by atoms with Crippen LogP contribution in [0.5, 0.6) is 0 Å². The summed E-state index contributed by atoms with van der Waals surface area (Å²) < 4.78 is 7.43. The minimum Gasteiger partial charge on any atom is -0.380 e. The number of hydrogen-bond acceptors (Lipinski definition) is 10. The number of Topliss-reactive ketones (excluding diaryl/α,β-unsaturated/α-hetero) is 1. The molecule has 0 atom stereocenters. The molecule has 1 saturated heterocycles. The summed E-state index contributed by atoms with van der Waals surface area (Å²) in [5.74, 6) is 0.226. The largest absolute Gasteiger partial charge is 0.380 e. The lowest BCUT2D eigenvalue weighted by Gasteiger charge is -2.26. The number of amides is 1. The number of anilines is 2. The van der Waals surface area contributed by atoms with Gasteiger partial charge in [-0.25, -0.2) is 9.97 Å². The molecule has 3 aromatic rings. The minimum atomic E-state index is -0.370. The molecule has 11 nitrogen and oxygen atoms in total. The van der Waals surface area contributed by atoms with Crippen LogP contribution in [0.1, 0.15) is 33.8 Å². The molecular weight excluding hydrogens is 480 g/mol. The van der Waals surface area contributed by atoms with Gasteiger partial charge in [-0.2, -0.15) is 5.10 Å². The standard InChI is InChI=1S/C24H30N8O3S/c33-20-2-1-12-35-13-7-27-21-14-17(3-4-26-21)24-29-19(16-36-24)23(34)28-18-15-32(30-22(18)20)11-10-31-8-5-25-6-9-31/h3-4,14-16,25H,1-2,5-13H2,(H,26,27)(H,28,34). The zero-order valence-electron chi connectivity index (χ0n) is 20.0. The number of carbonyl (C=O) groups is 2. The highest BCUT2D eigenvalue weighted by Gasteiger charge is 2.21. The fourth-order valence-electron chi connectivity index (χ4n) is 4.18. The number of hydrogen-bond donors (Lipinski definition) is 3. The lowest BCUT2D eigenvalue weighted by molar-refractivity contribution is 0.0940. The fraction of sp³-hybridized carbons (Fsp3) is 0.458. The van der Waals surface area contributed by atoms with Crippen LogP contribution in [0.25, 0.3) is 10.6 Å². The van der Waals surface area contributed by atoms with Crippen molar-refractivity contribution in [3.63, 3.8) is 0 Å². The number of fused-ring (bicyclic) bond motifs is 6. The number of ketones is 1. The summed E-state index contributed by atoms with van der Waals surface area (Å²) in [7, 11) is 0. The number of nitrogens with zero attached hydrogens (tertiary/aromatic N) is 5. The molecule has 0 saturated carbocycles. The molecule has 5 heterocycles. The van der Waals surface area contributed by atoms with Gasteiger partial charge in [0.25, 0.3) is 5.91 Å². The Balaban J connectivity index is 1.37. The molecule has 12 heteroatoms. The molecule has 4 bridgehead atoms. The summed E-state index contributed by atoms with van der Waals surface area (Å²) in [6.07, 6.45) is 4.32. The Labute approximate surface area is 213 Å². The molecule has 3 N–H and O–H groups in total. The van der Waals surface area contributed by atoms with Crippen LogP contribution >= 0.6 is 11.3 Å². The van der Waals surface area contributed by atoms with E-state index in [0.717, 1.165) is 38.3 Å². The Bertz CT molecular complexity index is 1200. The Hall–Kier alpha value is -3.19. The summed E-state index contributed by atoms with van der Waals surface area (Å²) in [6.45, 7) is 6.94. The number of carbonyl (C=O) groups excluding carboxylic acids is 2. The highest BCUT2D eigenvalue weighted by atomic mass is 32.1. The maximum Gasteiger partial charge on any atom is 0.275 e. The lowest BCUT2D eigenvalue weighted by atomic mass is 10.1. The highest BCUT2D eigenvalue weighted by molar-refractivity contribution is 7.13. The maximum absolute atomic E-state index is 13.1. The van der Waals surface area contributed by atoms with Crippen LogP contribution in [-0.4, -0.2) is 88.8 Å². The summed E-state index contributed by atoms with van der Waals surface area (Å²) >= 11 is 1.38. The van der Waals surface area contributed by atoms with E-state index in [-0.39, 0.29) is 23.8 Å². The zero-order chi connectivity index (χ0) is 24.7. The van der Waals surface area contributed by atoms with Crippen molar-refractivity contribution in [3.05, 3.63) is 41.3 Å². The predicted molar refractivity (Wildman–Crippen MR) is 138 cm³/mol. The molecule has 0 unspecified atom stereocenters. The van der Waals surface area contributed by atoms with Crippen LogP contribution in [-0.2, 0) is 11.3 Å². The van der Waals surface area contributed by atoms with Crippen LogP contribution in [0.2, 0.25) is 0 Å².